The summed E-state index contributed by atoms with van der Waals surface area (Å²) in [5.41, 5.74) is 9.05. The first-order valence-corrected chi connectivity index (χ1v) is 30.9. The highest BCUT2D eigenvalue weighted by Gasteiger charge is 2.43. The molecule has 2 aromatic heterocycles. The molecule has 5 aromatic carbocycles. The van der Waals surface area contributed by atoms with Crippen LogP contribution < -0.4 is 19.7 Å². The van der Waals surface area contributed by atoms with Crippen molar-refractivity contribution in [3.63, 3.8) is 0 Å². The number of nitrogens with zero attached hydrogens (tertiary/aromatic N) is 2. The van der Waals surface area contributed by atoms with Crippen LogP contribution in [0, 0.1) is 23.2 Å². The zero-order valence-electron chi connectivity index (χ0n) is 50.7. The lowest BCUT2D eigenvalue weighted by Crippen LogP contribution is -2.36. The van der Waals surface area contributed by atoms with Crippen molar-refractivity contribution in [2.45, 2.75) is 121 Å². The molecule has 5 aliphatic rings. The number of nitrogens with one attached hydrogen (secondary N) is 2. The number of aromatic hydroxyl groups is 3. The maximum Gasteiger partial charge on any atom is 0.302 e. The van der Waals surface area contributed by atoms with Crippen LogP contribution in [0.25, 0.3) is 10.8 Å². The van der Waals surface area contributed by atoms with Gasteiger partial charge in [-0.2, -0.15) is 0 Å². The normalized spacial score (nSPS) is 22.7. The summed E-state index contributed by atoms with van der Waals surface area (Å²) in [6.45, 7) is 5.78. The van der Waals surface area contributed by atoms with Crippen molar-refractivity contribution in [2.24, 2.45) is 11.3 Å². The molecule has 0 radical (unpaired) electrons. The Hall–Kier alpha value is -9.23. The number of dihydropyridines is 1. The summed E-state index contributed by atoms with van der Waals surface area (Å²) >= 11 is 0. The van der Waals surface area contributed by atoms with Gasteiger partial charge in [-0.25, -0.2) is 0 Å². The highest BCUT2D eigenvalue weighted by molar-refractivity contribution is 6.00. The SMILES string of the molecule is COc1cc([C@H]2CC(=O)C[C@H](OC(C)=O)CC[C@@]34Cc5c[nH]cc5[C@@H](C#CCC3=CC=C[C@@H]4C)[C@@H](c3cccc(O)c3)C3=CCNC(=C3)N(CCC(C)=O)c3ccc4c5c(n2cc35)CC[C@H]4O)cc(O)c1Oc1cc(O)cc([C@H](CCO)c2ccccc2)c1. The van der Waals surface area contributed by atoms with Crippen molar-refractivity contribution in [2.75, 3.05) is 31.7 Å². The molecule has 0 saturated carbocycles. The molecule has 1 spiro atoms. The van der Waals surface area contributed by atoms with Gasteiger partial charge in [0.2, 0.25) is 5.75 Å². The molecule has 7 N–H and O–H groups in total. The third kappa shape index (κ3) is 12.1. The summed E-state index contributed by atoms with van der Waals surface area (Å²) in [6, 6.07) is 28.3. The number of phenols is 3. The number of phenolic OH excluding ortho intramolecular Hbond substituents is 3. The van der Waals surface area contributed by atoms with Crippen LogP contribution in [0.15, 0.2) is 163 Å². The van der Waals surface area contributed by atoms with E-state index in [1.54, 1.807) is 37.3 Å². The number of aryl methyl sites for hydroxylation is 1. The van der Waals surface area contributed by atoms with Crippen molar-refractivity contribution in [1.29, 1.82) is 0 Å². The second-order valence-corrected chi connectivity index (χ2v) is 24.5. The summed E-state index contributed by atoms with van der Waals surface area (Å²) in [5, 5.41) is 62.0. The second-order valence-electron chi connectivity index (χ2n) is 24.5. The van der Waals surface area contributed by atoms with Gasteiger partial charge in [-0.1, -0.05) is 97.2 Å². The van der Waals surface area contributed by atoms with Gasteiger partial charge in [-0.3, -0.25) is 14.4 Å². The number of aliphatic hydroxyl groups excluding tert-OH is 2. The molecule has 0 saturated heterocycles. The second kappa shape index (κ2) is 25.5. The van der Waals surface area contributed by atoms with E-state index in [0.717, 1.165) is 61.4 Å². The van der Waals surface area contributed by atoms with Crippen LogP contribution in [0.5, 0.6) is 34.5 Å². The summed E-state index contributed by atoms with van der Waals surface area (Å²) in [6.07, 6.45) is 18.5. The number of anilines is 1. The van der Waals surface area contributed by atoms with E-state index in [9.17, 15) is 35.1 Å². The van der Waals surface area contributed by atoms with Crippen molar-refractivity contribution >= 4 is 34.0 Å². The van der Waals surface area contributed by atoms with Crippen molar-refractivity contribution in [1.82, 2.24) is 14.9 Å². The number of aromatic amines is 1. The number of fused-ring (bicyclic) bond motifs is 3. The number of esters is 1. The zero-order chi connectivity index (χ0) is 62.1. The Morgan fingerprint density at radius 2 is 1.74 bits per heavy atom. The molecule has 2 aliphatic heterocycles. The van der Waals surface area contributed by atoms with Gasteiger partial charge in [0, 0.05) is 111 Å². The molecule has 7 aromatic rings. The van der Waals surface area contributed by atoms with Crippen molar-refractivity contribution < 1.29 is 54.1 Å². The minimum absolute atomic E-state index is 0.00644. The molecule has 458 valence electrons. The zero-order valence-corrected chi connectivity index (χ0v) is 50.7. The number of allylic oxidation sites excluding steroid dienone is 6. The van der Waals surface area contributed by atoms with E-state index >= 15 is 4.79 Å². The quantitative estimate of drug-likeness (QED) is 0.0423. The Kier molecular flexibility index (Phi) is 17.2. The Morgan fingerprint density at radius 3 is 2.53 bits per heavy atom. The molecule has 12 rings (SSSR count). The third-order valence-electron chi connectivity index (χ3n) is 19.0. The first-order valence-electron chi connectivity index (χ1n) is 30.9. The van der Waals surface area contributed by atoms with Crippen LogP contribution in [-0.4, -0.2) is 85.5 Å². The number of Topliss-reactive ketones (excluding diaryl/α,β-unsaturated/α-hetero) is 2. The van der Waals surface area contributed by atoms with Gasteiger partial charge in [-0.05, 0) is 144 Å². The molecule has 4 heterocycles. The molecule has 15 heteroatoms. The monoisotopic (exact) mass is 1200 g/mol. The van der Waals surface area contributed by atoms with Crippen molar-refractivity contribution in [3.05, 3.63) is 208 Å². The van der Waals surface area contributed by atoms with E-state index in [1.807, 2.05) is 66.9 Å². The summed E-state index contributed by atoms with van der Waals surface area (Å²) in [7, 11) is 1.46. The van der Waals surface area contributed by atoms with E-state index in [2.05, 4.69) is 81.3 Å². The first-order chi connectivity index (χ1) is 43.1. The van der Waals surface area contributed by atoms with Gasteiger partial charge in [0.25, 0.3) is 0 Å². The fraction of sp³-hybridized carbons (Fsp3) is 0.338. The molecule has 0 fully saturated rings. The molecular weight excluding hydrogens is 1120 g/mol. The van der Waals surface area contributed by atoms with Gasteiger partial charge in [0.05, 0.1) is 30.9 Å². The number of hydrogen-bond donors (Lipinski definition) is 7. The largest absolute Gasteiger partial charge is 0.508 e. The maximum absolute atomic E-state index is 15.4. The Morgan fingerprint density at radius 1 is 0.899 bits per heavy atom. The van der Waals surface area contributed by atoms with Crippen LogP contribution in [0.4, 0.5) is 5.69 Å². The smallest absolute Gasteiger partial charge is 0.302 e. The molecule has 0 unspecified atom stereocenters. The summed E-state index contributed by atoms with van der Waals surface area (Å²) in [4.78, 5) is 47.5. The maximum atomic E-state index is 15.4. The molecule has 8 atom stereocenters. The lowest BCUT2D eigenvalue weighted by atomic mass is 9.61. The van der Waals surface area contributed by atoms with Crippen LogP contribution in [0.1, 0.15) is 147 Å². The summed E-state index contributed by atoms with van der Waals surface area (Å²) < 4.78 is 20.8. The predicted molar refractivity (Wildman–Crippen MR) is 341 cm³/mol. The topological polar surface area (TPSA) is 216 Å². The van der Waals surface area contributed by atoms with Gasteiger partial charge in [0.1, 0.15) is 40.7 Å². The third-order valence-corrected chi connectivity index (χ3v) is 19.0. The standard InChI is InChI=1S/C74H76N4O11/c1-44-11-8-15-53-16-10-18-60-62-42-75-41-52(62)40-74(44,53)27-23-57(88-46(3)81)37-56(84)39-66(51-34-68(86)73(69(35-51)87-4)89-58-33-50(32-55(83)38-58)59(26-30-79)47-12-6-5-7-13-47)78-43-63-64(20-19-61-67(85)22-21-65(78)72(61)63)77(29-25-45(2)80)70-36-49(24-28-76-70)71(60)48-14-9-17-54(82)31-48/h5-9,11-15,17,19-20,24,31-36,38,41-44,57,59-60,66-67,71,75-76,79,82-83,85-86H,16,21-23,25-30,37,39-40H2,1-4H3/t44-,57+,59+,60+,66+,67+,71-,74-/m0/s1. The average Bonchev–Trinajstić information content (AvgIpc) is 1.69. The molecular formula is C74H76N4O11. The molecule has 0 amide bonds. The fourth-order valence-corrected chi connectivity index (χ4v) is 14.7. The molecule has 3 aliphatic carbocycles. The van der Waals surface area contributed by atoms with Crippen molar-refractivity contribution in [3.8, 4) is 46.3 Å². The number of aliphatic hydroxyl groups is 2. The number of ether oxygens (including phenoxy) is 3. The first kappa shape index (κ1) is 60.1. The van der Waals surface area contributed by atoms with Crippen LogP contribution in [0.2, 0.25) is 0 Å². The fourth-order valence-electron chi connectivity index (χ4n) is 14.7. The van der Waals surface area contributed by atoms with E-state index < -0.39 is 29.6 Å². The predicted octanol–water partition coefficient (Wildman–Crippen LogP) is 12.8. The van der Waals surface area contributed by atoms with Crippen LogP contribution in [0.3, 0.4) is 0 Å². The molecule has 15 nitrogen and oxygen atoms in total. The number of hydrogen-bond acceptors (Lipinski definition) is 13. The van der Waals surface area contributed by atoms with Crippen LogP contribution in [-0.2, 0) is 32.0 Å². The Balaban J connectivity index is 1.04. The Labute approximate surface area is 518 Å². The number of methoxy groups -OCH3 is 1. The molecule has 89 heavy (non-hydrogen) atoms. The minimum atomic E-state index is -0.820. The van der Waals surface area contributed by atoms with Gasteiger partial charge >= 0.3 is 5.97 Å². The van der Waals surface area contributed by atoms with Crippen LogP contribution >= 0.6 is 0 Å². The van der Waals surface area contributed by atoms with Gasteiger partial charge in [-0.15, -0.1) is 0 Å². The molecule has 6 bridgehead atoms. The number of carbonyl (C=O) groups excluding carboxylic acids is 3. The highest BCUT2D eigenvalue weighted by atomic mass is 16.5. The summed E-state index contributed by atoms with van der Waals surface area (Å²) in [5.74, 6) is 6.51. The van der Waals surface area contributed by atoms with E-state index in [-0.39, 0.29) is 102 Å². The van der Waals surface area contributed by atoms with E-state index in [0.29, 0.717) is 68.2 Å². The Bertz CT molecular complexity index is 4060. The van der Waals surface area contributed by atoms with Gasteiger partial charge < -0.3 is 59.5 Å². The van der Waals surface area contributed by atoms with E-state index in [4.69, 9.17) is 14.2 Å². The lowest BCUT2D eigenvalue weighted by Gasteiger charge is -2.43. The number of benzene rings is 5. The van der Waals surface area contributed by atoms with Gasteiger partial charge in [0.15, 0.2) is 11.5 Å². The highest BCUT2D eigenvalue weighted by Crippen LogP contribution is 2.53. The number of ketones is 2. The van der Waals surface area contributed by atoms with E-state index in [1.165, 1.54) is 20.1 Å². The average molecular weight is 1200 g/mol. The number of rotatable bonds is 13. The number of H-pyrrole nitrogens is 1. The number of aromatic nitrogens is 2. The minimum Gasteiger partial charge on any atom is -0.508 e. The lowest BCUT2D eigenvalue weighted by molar-refractivity contribution is -0.148. The number of carbonyl (C=O) groups is 3.